The fourth-order valence-electron chi connectivity index (χ4n) is 3.94. The smallest absolute Gasteiger partial charge is 0.243 e. The molecule has 0 aliphatic carbocycles. The lowest BCUT2D eigenvalue weighted by atomic mass is 10.0. The van der Waals surface area contributed by atoms with E-state index in [1.807, 2.05) is 68.4 Å². The van der Waals surface area contributed by atoms with Gasteiger partial charge in [-0.15, -0.1) is 11.8 Å². The Morgan fingerprint density at radius 2 is 1.58 bits per heavy atom. The molecule has 0 radical (unpaired) electrons. The maximum Gasteiger partial charge on any atom is 0.243 e. The van der Waals surface area contributed by atoms with Crippen molar-refractivity contribution in [1.29, 1.82) is 0 Å². The van der Waals surface area contributed by atoms with Gasteiger partial charge in [0.1, 0.15) is 6.04 Å². The van der Waals surface area contributed by atoms with Crippen molar-refractivity contribution in [1.82, 2.24) is 10.2 Å². The second kappa shape index (κ2) is 15.4. The van der Waals surface area contributed by atoms with Gasteiger partial charge in [0.2, 0.25) is 11.8 Å². The van der Waals surface area contributed by atoms with Crippen LogP contribution in [0.5, 0.6) is 0 Å². The van der Waals surface area contributed by atoms with Gasteiger partial charge in [0.25, 0.3) is 0 Å². The fourth-order valence-corrected chi connectivity index (χ4v) is 5.43. The van der Waals surface area contributed by atoms with Gasteiger partial charge in [0.15, 0.2) is 0 Å². The first-order valence-electron chi connectivity index (χ1n) is 12.7. The summed E-state index contributed by atoms with van der Waals surface area (Å²) < 4.78 is 0. The van der Waals surface area contributed by atoms with Crippen molar-refractivity contribution in [3.05, 3.63) is 99.0 Å². The molecule has 0 heterocycles. The lowest BCUT2D eigenvalue weighted by Crippen LogP contribution is -2.52. The number of thioether (sulfide) groups is 1. The number of carbonyl (C=O) groups excluding carboxylic acids is 2. The number of amides is 2. The van der Waals surface area contributed by atoms with Crippen LogP contribution in [-0.2, 0) is 22.6 Å². The summed E-state index contributed by atoms with van der Waals surface area (Å²) in [6.45, 7) is 4.12. The van der Waals surface area contributed by atoms with Gasteiger partial charge in [-0.05, 0) is 67.5 Å². The summed E-state index contributed by atoms with van der Waals surface area (Å²) in [5, 5.41) is 4.71. The lowest BCUT2D eigenvalue weighted by molar-refractivity contribution is -0.141. The second-order valence-electron chi connectivity index (χ2n) is 9.15. The first kappa shape index (κ1) is 30.4. The summed E-state index contributed by atoms with van der Waals surface area (Å²) in [6.07, 6.45) is 2.13. The molecule has 0 fully saturated rings. The second-order valence-corrected chi connectivity index (χ2v) is 11.6. The number of hydrogen-bond donors (Lipinski definition) is 1. The van der Waals surface area contributed by atoms with Crippen molar-refractivity contribution < 1.29 is 9.59 Å². The molecule has 3 rings (SSSR count). The van der Waals surface area contributed by atoms with Gasteiger partial charge in [-0.2, -0.15) is 0 Å². The standard InChI is InChI=1S/C30H33Cl3N2O2S/c1-3-21(2)34-30(37)28(19-22-9-5-4-6-10-22)35(20-25-26(32)11-7-12-27(25)33)29(36)13-8-18-38-24-16-14-23(31)15-17-24/h4-7,9-12,14-17,21,28H,3,8,13,18-20H2,1-2H3,(H,34,37)/t21-,28-/m1/s1. The Hall–Kier alpha value is -2.18. The Bertz CT molecular complexity index is 1170. The van der Waals surface area contributed by atoms with Crippen LogP contribution in [-0.4, -0.2) is 34.6 Å². The Morgan fingerprint density at radius 3 is 2.21 bits per heavy atom. The molecule has 0 saturated carbocycles. The van der Waals surface area contributed by atoms with Crippen LogP contribution in [0.3, 0.4) is 0 Å². The number of benzene rings is 3. The first-order chi connectivity index (χ1) is 18.3. The molecule has 0 aromatic heterocycles. The molecule has 0 aliphatic heterocycles. The molecule has 0 spiro atoms. The molecular formula is C30H33Cl3N2O2S. The van der Waals surface area contributed by atoms with Gasteiger partial charge < -0.3 is 10.2 Å². The summed E-state index contributed by atoms with van der Waals surface area (Å²) in [4.78, 5) is 30.1. The first-order valence-corrected chi connectivity index (χ1v) is 14.9. The highest BCUT2D eigenvalue weighted by molar-refractivity contribution is 7.99. The van der Waals surface area contributed by atoms with Gasteiger partial charge >= 0.3 is 0 Å². The zero-order chi connectivity index (χ0) is 27.5. The van der Waals surface area contributed by atoms with E-state index in [2.05, 4.69) is 5.32 Å². The number of hydrogen-bond acceptors (Lipinski definition) is 3. The van der Waals surface area contributed by atoms with Gasteiger partial charge in [0.05, 0.1) is 0 Å². The van der Waals surface area contributed by atoms with Crippen LogP contribution in [0, 0.1) is 0 Å². The molecule has 4 nitrogen and oxygen atoms in total. The summed E-state index contributed by atoms with van der Waals surface area (Å²) in [5.74, 6) is 0.462. The van der Waals surface area contributed by atoms with Crippen LogP contribution >= 0.6 is 46.6 Å². The molecule has 0 aliphatic rings. The largest absolute Gasteiger partial charge is 0.352 e. The van der Waals surface area contributed by atoms with Crippen LogP contribution in [0.25, 0.3) is 0 Å². The van der Waals surface area contributed by atoms with E-state index in [4.69, 9.17) is 34.8 Å². The Morgan fingerprint density at radius 1 is 0.921 bits per heavy atom. The van der Waals surface area contributed by atoms with Crippen LogP contribution in [0.15, 0.2) is 77.7 Å². The minimum Gasteiger partial charge on any atom is -0.352 e. The van der Waals surface area contributed by atoms with Crippen LogP contribution in [0.4, 0.5) is 0 Å². The highest BCUT2D eigenvalue weighted by Crippen LogP contribution is 2.28. The average molecular weight is 592 g/mol. The SMILES string of the molecule is CC[C@@H](C)NC(=O)[C@@H](Cc1ccccc1)N(Cc1c(Cl)cccc1Cl)C(=O)CCCSc1ccc(Cl)cc1. The lowest BCUT2D eigenvalue weighted by Gasteiger charge is -2.33. The normalized spacial score (nSPS) is 12.6. The van der Waals surface area contributed by atoms with Gasteiger partial charge in [-0.25, -0.2) is 0 Å². The van der Waals surface area contributed by atoms with Crippen molar-refractivity contribution in [2.45, 2.75) is 63.1 Å². The van der Waals surface area contributed by atoms with Crippen LogP contribution in [0.1, 0.15) is 44.2 Å². The molecule has 0 saturated heterocycles. The molecular weight excluding hydrogens is 559 g/mol. The molecule has 0 bridgehead atoms. The van der Waals surface area contributed by atoms with Crippen molar-refractivity contribution in [2.24, 2.45) is 0 Å². The third-order valence-corrected chi connectivity index (χ3v) is 8.34. The monoisotopic (exact) mass is 590 g/mol. The molecule has 2 amide bonds. The Labute approximate surface area is 245 Å². The molecule has 202 valence electrons. The number of rotatable bonds is 13. The zero-order valence-electron chi connectivity index (χ0n) is 21.6. The molecule has 0 unspecified atom stereocenters. The quantitative estimate of drug-likeness (QED) is 0.161. The van der Waals surface area contributed by atoms with Gasteiger partial charge in [0, 0.05) is 51.0 Å². The van der Waals surface area contributed by atoms with E-state index in [1.165, 1.54) is 0 Å². The minimum atomic E-state index is -0.713. The third-order valence-electron chi connectivity index (χ3n) is 6.28. The highest BCUT2D eigenvalue weighted by Gasteiger charge is 2.31. The average Bonchev–Trinajstić information content (AvgIpc) is 2.91. The highest BCUT2D eigenvalue weighted by atomic mass is 35.5. The van der Waals surface area contributed by atoms with Crippen LogP contribution < -0.4 is 5.32 Å². The number of carbonyl (C=O) groups is 2. The van der Waals surface area contributed by atoms with E-state index < -0.39 is 6.04 Å². The maximum atomic E-state index is 13.8. The van der Waals surface area contributed by atoms with Crippen molar-refractivity contribution in [3.8, 4) is 0 Å². The predicted octanol–water partition coefficient (Wildman–Crippen LogP) is 8.07. The number of nitrogens with one attached hydrogen (secondary N) is 1. The topological polar surface area (TPSA) is 49.4 Å². The van der Waals surface area contributed by atoms with E-state index >= 15 is 0 Å². The van der Waals surface area contributed by atoms with Crippen molar-refractivity contribution >= 4 is 58.4 Å². The maximum absolute atomic E-state index is 13.8. The van der Waals surface area contributed by atoms with Crippen molar-refractivity contribution in [2.75, 3.05) is 5.75 Å². The van der Waals surface area contributed by atoms with Gasteiger partial charge in [-0.1, -0.05) is 78.1 Å². The number of halogens is 3. The summed E-state index contributed by atoms with van der Waals surface area (Å²) in [7, 11) is 0. The van der Waals surface area contributed by atoms with Crippen LogP contribution in [0.2, 0.25) is 15.1 Å². The summed E-state index contributed by atoms with van der Waals surface area (Å²) in [5.41, 5.74) is 1.60. The fraction of sp³-hybridized carbons (Fsp3) is 0.333. The number of nitrogens with zero attached hydrogens (tertiary/aromatic N) is 1. The van der Waals surface area contributed by atoms with E-state index in [1.54, 1.807) is 34.9 Å². The van der Waals surface area contributed by atoms with Gasteiger partial charge in [-0.3, -0.25) is 9.59 Å². The molecule has 38 heavy (non-hydrogen) atoms. The summed E-state index contributed by atoms with van der Waals surface area (Å²) >= 11 is 20.6. The van der Waals surface area contributed by atoms with E-state index in [0.717, 1.165) is 22.6 Å². The Kier molecular flexibility index (Phi) is 12.3. The van der Waals surface area contributed by atoms with E-state index in [-0.39, 0.29) is 24.4 Å². The molecule has 3 aromatic rings. The third kappa shape index (κ3) is 9.23. The zero-order valence-corrected chi connectivity index (χ0v) is 24.7. The Balaban J connectivity index is 1.84. The van der Waals surface area contributed by atoms with Crippen molar-refractivity contribution in [3.63, 3.8) is 0 Å². The minimum absolute atomic E-state index is 0.0163. The van der Waals surface area contributed by atoms with E-state index in [9.17, 15) is 9.59 Å². The summed E-state index contributed by atoms with van der Waals surface area (Å²) in [6, 6.07) is 21.9. The molecule has 8 heteroatoms. The molecule has 2 atom stereocenters. The van der Waals surface area contributed by atoms with E-state index in [0.29, 0.717) is 39.9 Å². The molecule has 3 aromatic carbocycles. The molecule has 1 N–H and O–H groups in total. The predicted molar refractivity (Wildman–Crippen MR) is 160 cm³/mol.